The highest BCUT2D eigenvalue weighted by atomic mass is 35.5. The fraction of sp³-hybridized carbons (Fsp3) is 0.450. The number of carbonyl (C=O) groups excluding carboxylic acids is 1. The van der Waals surface area contributed by atoms with Crippen molar-refractivity contribution in [2.75, 3.05) is 20.2 Å². The predicted octanol–water partition coefficient (Wildman–Crippen LogP) is 2.83. The van der Waals surface area contributed by atoms with Gasteiger partial charge in [0.1, 0.15) is 6.33 Å². The molecular weight excluding hydrogens is 364 g/mol. The minimum Gasteiger partial charge on any atom is -0.380 e. The third kappa shape index (κ3) is 5.99. The Morgan fingerprint density at radius 1 is 1.15 bits per heavy atom. The van der Waals surface area contributed by atoms with Gasteiger partial charge in [0.25, 0.3) is 5.91 Å². The molecule has 27 heavy (non-hydrogen) atoms. The van der Waals surface area contributed by atoms with Crippen LogP contribution in [-0.2, 0) is 17.9 Å². The maximum atomic E-state index is 13.3. The summed E-state index contributed by atoms with van der Waals surface area (Å²) >= 11 is 0. The van der Waals surface area contributed by atoms with E-state index in [9.17, 15) is 4.79 Å². The number of halogens is 1. The van der Waals surface area contributed by atoms with Crippen molar-refractivity contribution in [3.8, 4) is 0 Å². The summed E-state index contributed by atoms with van der Waals surface area (Å²) in [6, 6.07) is 7.90. The van der Waals surface area contributed by atoms with Gasteiger partial charge in [0.15, 0.2) is 0 Å². The number of nitrogens with one attached hydrogen (secondary N) is 1. The summed E-state index contributed by atoms with van der Waals surface area (Å²) < 4.78 is 5.15. The molecule has 1 aliphatic rings. The van der Waals surface area contributed by atoms with Gasteiger partial charge in [0.2, 0.25) is 0 Å². The number of hydrogen-bond donors (Lipinski definition) is 1. The van der Waals surface area contributed by atoms with Gasteiger partial charge in [-0.2, -0.15) is 0 Å². The molecule has 0 saturated carbocycles. The predicted molar refractivity (Wildman–Crippen MR) is 107 cm³/mol. The first kappa shape index (κ1) is 21.3. The van der Waals surface area contributed by atoms with Crippen molar-refractivity contribution in [3.63, 3.8) is 0 Å². The van der Waals surface area contributed by atoms with Gasteiger partial charge in [0, 0.05) is 43.2 Å². The minimum atomic E-state index is 0. The first-order valence-corrected chi connectivity index (χ1v) is 9.11. The Kier molecular flexibility index (Phi) is 8.64. The zero-order valence-electron chi connectivity index (χ0n) is 15.6. The van der Waals surface area contributed by atoms with E-state index in [1.165, 1.54) is 6.33 Å². The van der Waals surface area contributed by atoms with Gasteiger partial charge >= 0.3 is 0 Å². The molecule has 1 unspecified atom stereocenters. The Morgan fingerprint density at radius 2 is 1.89 bits per heavy atom. The highest BCUT2D eigenvalue weighted by Gasteiger charge is 2.26. The van der Waals surface area contributed by atoms with E-state index in [0.29, 0.717) is 18.7 Å². The third-order valence-corrected chi connectivity index (χ3v) is 4.73. The second-order valence-corrected chi connectivity index (χ2v) is 6.64. The topological polar surface area (TPSA) is 67.3 Å². The van der Waals surface area contributed by atoms with E-state index in [0.717, 1.165) is 43.5 Å². The van der Waals surface area contributed by atoms with Crippen LogP contribution in [0.5, 0.6) is 0 Å². The van der Waals surface area contributed by atoms with Crippen molar-refractivity contribution in [2.24, 2.45) is 0 Å². The molecule has 3 rings (SSSR count). The van der Waals surface area contributed by atoms with Crippen molar-refractivity contribution >= 4 is 18.3 Å². The van der Waals surface area contributed by atoms with Crippen LogP contribution < -0.4 is 5.32 Å². The molecular formula is C20H27ClN4O2. The number of aromatic nitrogens is 2. The Bertz CT molecular complexity index is 689. The van der Waals surface area contributed by atoms with E-state index in [2.05, 4.69) is 15.3 Å². The zero-order chi connectivity index (χ0) is 18.2. The Hall–Kier alpha value is -2.02. The Balaban J connectivity index is 0.00000261. The molecule has 1 fully saturated rings. The maximum Gasteiger partial charge on any atom is 0.254 e. The van der Waals surface area contributed by atoms with E-state index in [4.69, 9.17) is 4.74 Å². The maximum absolute atomic E-state index is 13.3. The highest BCUT2D eigenvalue weighted by molar-refractivity contribution is 5.94. The number of nitrogens with zero attached hydrogens (tertiary/aromatic N) is 3. The monoisotopic (exact) mass is 390 g/mol. The molecule has 0 bridgehead atoms. The van der Waals surface area contributed by atoms with Crippen LogP contribution in [0.15, 0.2) is 43.0 Å². The molecule has 0 radical (unpaired) electrons. The van der Waals surface area contributed by atoms with Gasteiger partial charge in [-0.3, -0.25) is 4.79 Å². The fourth-order valence-corrected chi connectivity index (χ4v) is 3.36. The molecule has 1 aromatic heterocycles. The number of rotatable bonds is 6. The molecule has 6 nitrogen and oxygen atoms in total. The number of methoxy groups -OCH3 is 1. The van der Waals surface area contributed by atoms with Gasteiger partial charge in [-0.25, -0.2) is 9.97 Å². The first-order valence-electron chi connectivity index (χ1n) is 9.11. The van der Waals surface area contributed by atoms with E-state index >= 15 is 0 Å². The van der Waals surface area contributed by atoms with Crippen LogP contribution in [0, 0.1) is 0 Å². The first-order chi connectivity index (χ1) is 12.8. The standard InChI is InChI=1S/C20H26N4O2.ClH/c1-26-14-16-4-6-18(7-5-16)20(25)24(13-17-11-22-15-23-12-17)19-3-2-9-21-10-8-19;/h4-7,11-12,15,19,21H,2-3,8-10,13-14H2,1H3;1H. The molecule has 1 saturated heterocycles. The summed E-state index contributed by atoms with van der Waals surface area (Å²) in [6.45, 7) is 3.03. The molecule has 1 atom stereocenters. The summed E-state index contributed by atoms with van der Waals surface area (Å²) in [4.78, 5) is 23.4. The Labute approximate surface area is 166 Å². The van der Waals surface area contributed by atoms with Crippen molar-refractivity contribution < 1.29 is 9.53 Å². The molecule has 1 amide bonds. The minimum absolute atomic E-state index is 0. The Morgan fingerprint density at radius 3 is 2.59 bits per heavy atom. The van der Waals surface area contributed by atoms with E-state index in [1.54, 1.807) is 19.5 Å². The smallest absolute Gasteiger partial charge is 0.254 e. The molecule has 146 valence electrons. The lowest BCUT2D eigenvalue weighted by molar-refractivity contribution is 0.0645. The average Bonchev–Trinajstić information content (AvgIpc) is 2.97. The van der Waals surface area contributed by atoms with Gasteiger partial charge in [-0.15, -0.1) is 12.4 Å². The highest BCUT2D eigenvalue weighted by Crippen LogP contribution is 2.20. The molecule has 2 aromatic rings. The lowest BCUT2D eigenvalue weighted by Gasteiger charge is -2.31. The van der Waals surface area contributed by atoms with E-state index < -0.39 is 0 Å². The van der Waals surface area contributed by atoms with Crippen molar-refractivity contribution in [1.82, 2.24) is 20.2 Å². The summed E-state index contributed by atoms with van der Waals surface area (Å²) in [5.41, 5.74) is 2.72. The number of hydrogen-bond acceptors (Lipinski definition) is 5. The van der Waals surface area contributed by atoms with Crippen LogP contribution >= 0.6 is 12.4 Å². The molecule has 1 aliphatic heterocycles. The number of benzene rings is 1. The van der Waals surface area contributed by atoms with Gasteiger partial charge in [-0.1, -0.05) is 12.1 Å². The SMILES string of the molecule is COCc1ccc(C(=O)N(Cc2cncnc2)C2CCCNCC2)cc1.Cl. The summed E-state index contributed by atoms with van der Waals surface area (Å²) in [7, 11) is 1.67. The number of amides is 1. The molecule has 0 spiro atoms. The summed E-state index contributed by atoms with van der Waals surface area (Å²) in [6.07, 6.45) is 8.12. The molecule has 0 aliphatic carbocycles. The van der Waals surface area contributed by atoms with E-state index in [1.807, 2.05) is 29.2 Å². The average molecular weight is 391 g/mol. The van der Waals surface area contributed by atoms with Crippen LogP contribution in [-0.4, -0.2) is 47.0 Å². The molecule has 7 heteroatoms. The zero-order valence-corrected chi connectivity index (χ0v) is 16.5. The third-order valence-electron chi connectivity index (χ3n) is 4.73. The second-order valence-electron chi connectivity index (χ2n) is 6.64. The fourth-order valence-electron chi connectivity index (χ4n) is 3.36. The normalized spacial score (nSPS) is 16.9. The van der Waals surface area contributed by atoms with Crippen LogP contribution in [0.1, 0.15) is 40.7 Å². The van der Waals surface area contributed by atoms with Crippen LogP contribution in [0.25, 0.3) is 0 Å². The molecule has 2 heterocycles. The van der Waals surface area contributed by atoms with Crippen molar-refractivity contribution in [1.29, 1.82) is 0 Å². The quantitative estimate of drug-likeness (QED) is 0.821. The lowest BCUT2D eigenvalue weighted by atomic mass is 10.0. The van der Waals surface area contributed by atoms with Crippen LogP contribution in [0.3, 0.4) is 0 Å². The second kappa shape index (κ2) is 11.0. The van der Waals surface area contributed by atoms with E-state index in [-0.39, 0.29) is 24.4 Å². The van der Waals surface area contributed by atoms with Gasteiger partial charge in [0.05, 0.1) is 6.61 Å². The largest absolute Gasteiger partial charge is 0.380 e. The van der Waals surface area contributed by atoms with Crippen molar-refractivity contribution in [3.05, 3.63) is 59.7 Å². The molecule has 1 N–H and O–H groups in total. The number of ether oxygens (including phenoxy) is 1. The van der Waals surface area contributed by atoms with Crippen molar-refractivity contribution in [2.45, 2.75) is 38.5 Å². The van der Waals surface area contributed by atoms with Crippen LogP contribution in [0.4, 0.5) is 0 Å². The van der Waals surface area contributed by atoms with Crippen LogP contribution in [0.2, 0.25) is 0 Å². The summed E-state index contributed by atoms with van der Waals surface area (Å²) in [5.74, 6) is 0.0599. The van der Waals surface area contributed by atoms with Gasteiger partial charge < -0.3 is 15.0 Å². The van der Waals surface area contributed by atoms with Gasteiger partial charge in [-0.05, 0) is 50.0 Å². The number of carbonyl (C=O) groups is 1. The lowest BCUT2D eigenvalue weighted by Crippen LogP contribution is -2.40. The molecule has 1 aromatic carbocycles. The summed E-state index contributed by atoms with van der Waals surface area (Å²) in [5, 5.41) is 3.42.